The van der Waals surface area contributed by atoms with Gasteiger partial charge in [-0.05, 0) is 44.5 Å². The summed E-state index contributed by atoms with van der Waals surface area (Å²) in [6.07, 6.45) is 3.17. The highest BCUT2D eigenvalue weighted by Crippen LogP contribution is 2.13. The van der Waals surface area contributed by atoms with Crippen molar-refractivity contribution in [2.75, 3.05) is 0 Å². The van der Waals surface area contributed by atoms with Gasteiger partial charge in [0.25, 0.3) is 0 Å². The third-order valence-corrected chi connectivity index (χ3v) is 2.16. The fourth-order valence-corrected chi connectivity index (χ4v) is 1.53. The van der Waals surface area contributed by atoms with E-state index in [0.29, 0.717) is 0 Å². The summed E-state index contributed by atoms with van der Waals surface area (Å²) in [5, 5.41) is 0. The molecular formula is C13H15BrO2. The maximum atomic E-state index is 11.4. The molecule has 0 saturated carbocycles. The van der Waals surface area contributed by atoms with Crippen LogP contribution in [0.1, 0.15) is 26.3 Å². The lowest BCUT2D eigenvalue weighted by molar-refractivity contribution is -0.148. The third kappa shape index (κ3) is 5.12. The molecule has 2 nitrogen and oxygen atoms in total. The minimum absolute atomic E-state index is 0.326. The maximum absolute atomic E-state index is 11.4. The average Bonchev–Trinajstić information content (AvgIpc) is 2.12. The molecule has 0 aliphatic heterocycles. The zero-order chi connectivity index (χ0) is 12.2. The van der Waals surface area contributed by atoms with E-state index in [0.717, 1.165) is 10.0 Å². The van der Waals surface area contributed by atoms with E-state index in [1.807, 2.05) is 45.0 Å². The van der Waals surface area contributed by atoms with E-state index < -0.39 is 5.60 Å². The van der Waals surface area contributed by atoms with Crippen LogP contribution < -0.4 is 0 Å². The molecule has 0 aliphatic carbocycles. The Bertz CT molecular complexity index is 403. The lowest BCUT2D eigenvalue weighted by atomic mass is 10.2. The zero-order valence-corrected chi connectivity index (χ0v) is 11.2. The molecule has 0 atom stereocenters. The smallest absolute Gasteiger partial charge is 0.331 e. The predicted molar refractivity (Wildman–Crippen MR) is 69.0 cm³/mol. The molecule has 0 heterocycles. The highest BCUT2D eigenvalue weighted by atomic mass is 79.9. The molecule has 16 heavy (non-hydrogen) atoms. The van der Waals surface area contributed by atoms with E-state index in [-0.39, 0.29) is 5.97 Å². The Morgan fingerprint density at radius 1 is 1.38 bits per heavy atom. The molecule has 1 aromatic carbocycles. The fraction of sp³-hybridized carbons (Fsp3) is 0.308. The molecule has 0 spiro atoms. The van der Waals surface area contributed by atoms with Gasteiger partial charge in [0.05, 0.1) is 0 Å². The molecule has 0 aromatic heterocycles. The Hall–Kier alpha value is -1.09. The van der Waals surface area contributed by atoms with Crippen LogP contribution in [0, 0.1) is 0 Å². The predicted octanol–water partition coefficient (Wildman–Crippen LogP) is 3.80. The first kappa shape index (κ1) is 13.0. The Morgan fingerprint density at radius 3 is 2.62 bits per heavy atom. The molecule has 0 bridgehead atoms. The number of carbonyl (C=O) groups excluding carboxylic acids is 1. The van der Waals surface area contributed by atoms with Crippen molar-refractivity contribution >= 4 is 28.0 Å². The normalized spacial score (nSPS) is 11.8. The summed E-state index contributed by atoms with van der Waals surface area (Å²) in [7, 11) is 0. The highest BCUT2D eigenvalue weighted by molar-refractivity contribution is 9.10. The van der Waals surface area contributed by atoms with Crippen LogP contribution in [0.3, 0.4) is 0 Å². The number of esters is 1. The number of rotatable bonds is 2. The first-order valence-electron chi connectivity index (χ1n) is 5.03. The van der Waals surface area contributed by atoms with Crippen LogP contribution in [0.4, 0.5) is 0 Å². The molecule has 1 aromatic rings. The summed E-state index contributed by atoms with van der Waals surface area (Å²) in [5.74, 6) is -0.326. The van der Waals surface area contributed by atoms with E-state index in [2.05, 4.69) is 15.9 Å². The monoisotopic (exact) mass is 282 g/mol. The number of hydrogen-bond acceptors (Lipinski definition) is 2. The van der Waals surface area contributed by atoms with E-state index in [4.69, 9.17) is 4.74 Å². The van der Waals surface area contributed by atoms with E-state index in [1.165, 1.54) is 6.08 Å². The molecule has 0 N–H and O–H groups in total. The van der Waals surface area contributed by atoms with Crippen LogP contribution in [0.25, 0.3) is 6.08 Å². The van der Waals surface area contributed by atoms with Gasteiger partial charge in [0.2, 0.25) is 0 Å². The minimum Gasteiger partial charge on any atom is -0.457 e. The summed E-state index contributed by atoms with van der Waals surface area (Å²) in [6, 6.07) is 7.70. The first-order valence-corrected chi connectivity index (χ1v) is 5.83. The maximum Gasteiger partial charge on any atom is 0.331 e. The second-order valence-corrected chi connectivity index (χ2v) is 5.34. The largest absolute Gasteiger partial charge is 0.457 e. The van der Waals surface area contributed by atoms with Gasteiger partial charge in [-0.25, -0.2) is 4.79 Å². The lowest BCUT2D eigenvalue weighted by Crippen LogP contribution is -2.22. The Morgan fingerprint density at radius 2 is 2.06 bits per heavy atom. The molecule has 0 fully saturated rings. The van der Waals surface area contributed by atoms with Gasteiger partial charge in [0.1, 0.15) is 5.60 Å². The number of carbonyl (C=O) groups is 1. The number of halogens is 1. The molecule has 86 valence electrons. The van der Waals surface area contributed by atoms with Gasteiger partial charge in [0, 0.05) is 10.5 Å². The number of hydrogen-bond donors (Lipinski definition) is 0. The molecule has 0 saturated heterocycles. The van der Waals surface area contributed by atoms with Gasteiger partial charge in [-0.1, -0.05) is 28.1 Å². The number of benzene rings is 1. The van der Waals surface area contributed by atoms with Crippen molar-refractivity contribution in [3.8, 4) is 0 Å². The lowest BCUT2D eigenvalue weighted by Gasteiger charge is -2.17. The van der Waals surface area contributed by atoms with Crippen LogP contribution in [-0.2, 0) is 9.53 Å². The standard InChI is InChI=1S/C13H15BrO2/c1-13(2,3)16-12(15)8-7-10-5-4-6-11(14)9-10/h4-9H,1-3H3/b8-7+. The van der Waals surface area contributed by atoms with E-state index in [1.54, 1.807) is 6.08 Å². The SMILES string of the molecule is CC(C)(C)OC(=O)/C=C/c1cccc(Br)c1. The van der Waals surface area contributed by atoms with Crippen molar-refractivity contribution in [1.82, 2.24) is 0 Å². The van der Waals surface area contributed by atoms with Crippen molar-refractivity contribution in [2.45, 2.75) is 26.4 Å². The molecule has 3 heteroatoms. The summed E-state index contributed by atoms with van der Waals surface area (Å²) in [5.41, 5.74) is 0.513. The minimum atomic E-state index is -0.446. The van der Waals surface area contributed by atoms with Crippen molar-refractivity contribution in [2.24, 2.45) is 0 Å². The zero-order valence-electron chi connectivity index (χ0n) is 9.66. The molecule has 1 rings (SSSR count). The third-order valence-electron chi connectivity index (χ3n) is 1.67. The summed E-state index contributed by atoms with van der Waals surface area (Å²) in [6.45, 7) is 5.54. The Kier molecular flexibility index (Phi) is 4.30. The molecule has 0 radical (unpaired) electrons. The molecule has 0 aliphatic rings. The van der Waals surface area contributed by atoms with Gasteiger partial charge in [-0.3, -0.25) is 0 Å². The number of ether oxygens (including phenoxy) is 1. The summed E-state index contributed by atoms with van der Waals surface area (Å²) < 4.78 is 6.14. The Labute approximate surface area is 104 Å². The van der Waals surface area contributed by atoms with Gasteiger partial charge in [-0.2, -0.15) is 0 Å². The van der Waals surface area contributed by atoms with Crippen LogP contribution in [-0.4, -0.2) is 11.6 Å². The van der Waals surface area contributed by atoms with Crippen molar-refractivity contribution in [3.05, 3.63) is 40.4 Å². The molecular weight excluding hydrogens is 268 g/mol. The van der Waals surface area contributed by atoms with Crippen LogP contribution in [0.15, 0.2) is 34.8 Å². The van der Waals surface area contributed by atoms with Crippen molar-refractivity contribution in [1.29, 1.82) is 0 Å². The topological polar surface area (TPSA) is 26.3 Å². The van der Waals surface area contributed by atoms with Gasteiger partial charge < -0.3 is 4.74 Å². The quantitative estimate of drug-likeness (QED) is 0.609. The van der Waals surface area contributed by atoms with Gasteiger partial charge in [0.15, 0.2) is 0 Å². The van der Waals surface area contributed by atoms with Crippen molar-refractivity contribution < 1.29 is 9.53 Å². The van der Waals surface area contributed by atoms with E-state index in [9.17, 15) is 4.79 Å². The Balaban J connectivity index is 2.64. The van der Waals surface area contributed by atoms with Crippen LogP contribution >= 0.6 is 15.9 Å². The second kappa shape index (κ2) is 5.30. The van der Waals surface area contributed by atoms with E-state index >= 15 is 0 Å². The van der Waals surface area contributed by atoms with Crippen LogP contribution in [0.5, 0.6) is 0 Å². The molecule has 0 amide bonds. The van der Waals surface area contributed by atoms with Crippen LogP contribution in [0.2, 0.25) is 0 Å². The highest BCUT2D eigenvalue weighted by Gasteiger charge is 2.13. The van der Waals surface area contributed by atoms with Crippen molar-refractivity contribution in [3.63, 3.8) is 0 Å². The van der Waals surface area contributed by atoms with Gasteiger partial charge >= 0.3 is 5.97 Å². The average molecular weight is 283 g/mol. The summed E-state index contributed by atoms with van der Waals surface area (Å²) >= 11 is 3.37. The molecule has 0 unspecified atom stereocenters. The second-order valence-electron chi connectivity index (χ2n) is 4.42. The first-order chi connectivity index (χ1) is 7.37. The summed E-state index contributed by atoms with van der Waals surface area (Å²) in [4.78, 5) is 11.4. The fourth-order valence-electron chi connectivity index (χ4n) is 1.11. The van der Waals surface area contributed by atoms with Gasteiger partial charge in [-0.15, -0.1) is 0 Å².